The molecular weight excluding hydrogens is 507 g/mol. The third-order valence-electron chi connectivity index (χ3n) is 4.88. The molecule has 2 N–H and O–H groups in total. The number of hydrogen-bond acceptors (Lipinski definition) is 7. The number of nitrogens with zero attached hydrogens (tertiary/aromatic N) is 2. The second kappa shape index (κ2) is 11.2. The van der Waals surface area contributed by atoms with Gasteiger partial charge in [-0.05, 0) is 54.1 Å². The van der Waals surface area contributed by atoms with Crippen LogP contribution in [0.5, 0.6) is 11.5 Å². The zero-order chi connectivity index (χ0) is 24.8. The number of aromatic nitrogens is 1. The van der Waals surface area contributed by atoms with Gasteiger partial charge in [0.25, 0.3) is 5.91 Å². The van der Waals surface area contributed by atoms with Crippen LogP contribution in [0.15, 0.2) is 71.1 Å². The Hall–Kier alpha value is -3.59. The van der Waals surface area contributed by atoms with Crippen molar-refractivity contribution in [3.05, 3.63) is 87.2 Å². The zero-order valence-corrected chi connectivity index (χ0v) is 21.0. The number of carbonyl (C=O) groups is 1. The minimum Gasteiger partial charge on any atom is -0.493 e. The number of amides is 1. The summed E-state index contributed by atoms with van der Waals surface area (Å²) < 4.78 is 10.5. The molecule has 1 heterocycles. The number of anilines is 2. The van der Waals surface area contributed by atoms with Crippen molar-refractivity contribution in [1.82, 2.24) is 10.4 Å². The van der Waals surface area contributed by atoms with Gasteiger partial charge in [0.2, 0.25) is 0 Å². The summed E-state index contributed by atoms with van der Waals surface area (Å²) in [4.78, 5) is 17.1. The molecule has 4 rings (SSSR count). The number of carbonyl (C=O) groups excluding carboxylic acids is 1. The smallest absolute Gasteiger partial charge is 0.271 e. The fourth-order valence-corrected chi connectivity index (χ4v) is 4.32. The maximum absolute atomic E-state index is 12.5. The van der Waals surface area contributed by atoms with Crippen LogP contribution < -0.4 is 20.2 Å². The Kier molecular flexibility index (Phi) is 7.87. The lowest BCUT2D eigenvalue weighted by Gasteiger charge is -2.09. The topological polar surface area (TPSA) is 84.8 Å². The van der Waals surface area contributed by atoms with Crippen molar-refractivity contribution in [2.45, 2.75) is 0 Å². The number of hydrazone groups is 1. The Labute approximate surface area is 216 Å². The van der Waals surface area contributed by atoms with E-state index in [0.29, 0.717) is 32.7 Å². The van der Waals surface area contributed by atoms with Gasteiger partial charge in [0.1, 0.15) is 0 Å². The summed E-state index contributed by atoms with van der Waals surface area (Å²) in [6.45, 7) is 0. The van der Waals surface area contributed by atoms with E-state index in [2.05, 4.69) is 20.8 Å². The number of ether oxygens (including phenoxy) is 2. The number of halogens is 2. The molecule has 10 heteroatoms. The largest absolute Gasteiger partial charge is 0.493 e. The van der Waals surface area contributed by atoms with Gasteiger partial charge < -0.3 is 14.8 Å². The summed E-state index contributed by atoms with van der Waals surface area (Å²) in [5, 5.41) is 11.0. The monoisotopic (exact) mass is 526 g/mol. The van der Waals surface area contributed by atoms with E-state index in [0.717, 1.165) is 22.1 Å². The molecule has 3 aromatic carbocycles. The van der Waals surface area contributed by atoms with E-state index in [1.54, 1.807) is 24.3 Å². The highest BCUT2D eigenvalue weighted by Gasteiger charge is 2.11. The molecule has 0 saturated carbocycles. The van der Waals surface area contributed by atoms with E-state index < -0.39 is 0 Å². The van der Waals surface area contributed by atoms with Crippen molar-refractivity contribution in [2.75, 3.05) is 19.5 Å². The number of hydrogen-bond donors (Lipinski definition) is 2. The molecular formula is C25H20Cl2N4O3S. The van der Waals surface area contributed by atoms with Crippen LogP contribution in [-0.4, -0.2) is 31.3 Å². The molecule has 4 aromatic rings. The molecule has 0 radical (unpaired) electrons. The summed E-state index contributed by atoms with van der Waals surface area (Å²) in [5.41, 5.74) is 6.22. The second-order valence-corrected chi connectivity index (χ2v) is 8.89. The summed E-state index contributed by atoms with van der Waals surface area (Å²) in [7, 11) is 3.03. The molecule has 0 atom stereocenters. The van der Waals surface area contributed by atoms with E-state index in [1.165, 1.54) is 31.8 Å². The predicted octanol–water partition coefficient (Wildman–Crippen LogP) is 6.64. The van der Waals surface area contributed by atoms with E-state index in [4.69, 9.17) is 32.7 Å². The van der Waals surface area contributed by atoms with Crippen LogP contribution in [0, 0.1) is 0 Å². The first-order valence-electron chi connectivity index (χ1n) is 10.3. The molecule has 0 spiro atoms. The molecule has 0 aliphatic heterocycles. The number of thiazole rings is 1. The standard InChI is InChI=1S/C25H20Cl2N4O3S/c1-33-22-12-15(11-20(27)23(22)34-2)13-28-31-24(32)17-5-3-16(4-6-17)21-14-35-25(30-21)29-19-9-7-18(26)8-10-19/h3-14H,1-2H3,(H,29,30)(H,31,32)/b28-13-. The average molecular weight is 527 g/mol. The molecule has 178 valence electrons. The van der Waals surface area contributed by atoms with Crippen molar-refractivity contribution in [3.8, 4) is 22.8 Å². The van der Waals surface area contributed by atoms with Gasteiger partial charge in [0.05, 0.1) is 31.2 Å². The fourth-order valence-electron chi connectivity index (χ4n) is 3.16. The Morgan fingerprint density at radius 1 is 1.03 bits per heavy atom. The molecule has 0 aliphatic rings. The normalized spacial score (nSPS) is 10.9. The van der Waals surface area contributed by atoms with Gasteiger partial charge in [-0.3, -0.25) is 4.79 Å². The predicted molar refractivity (Wildman–Crippen MR) is 142 cm³/mol. The lowest BCUT2D eigenvalue weighted by atomic mass is 10.1. The SMILES string of the molecule is COc1cc(/C=N\NC(=O)c2ccc(-c3csc(Nc4ccc(Cl)cc4)n3)cc2)cc(Cl)c1OC. The molecule has 7 nitrogen and oxygen atoms in total. The minimum absolute atomic E-state index is 0.345. The number of rotatable bonds is 8. The maximum atomic E-state index is 12.5. The first-order valence-corrected chi connectivity index (χ1v) is 11.9. The Morgan fingerprint density at radius 3 is 2.46 bits per heavy atom. The van der Waals surface area contributed by atoms with Crippen LogP contribution in [0.2, 0.25) is 10.0 Å². The van der Waals surface area contributed by atoms with Crippen LogP contribution in [0.25, 0.3) is 11.3 Å². The summed E-state index contributed by atoms with van der Waals surface area (Å²) in [6, 6.07) is 17.9. The average Bonchev–Trinajstić information content (AvgIpc) is 3.33. The molecule has 0 bridgehead atoms. The molecule has 0 fully saturated rings. The Balaban J connectivity index is 1.38. The molecule has 1 aromatic heterocycles. The Morgan fingerprint density at radius 2 is 1.77 bits per heavy atom. The number of benzene rings is 3. The zero-order valence-electron chi connectivity index (χ0n) is 18.7. The highest BCUT2D eigenvalue weighted by Crippen LogP contribution is 2.35. The minimum atomic E-state index is -0.345. The van der Waals surface area contributed by atoms with Gasteiger partial charge in [-0.15, -0.1) is 11.3 Å². The van der Waals surface area contributed by atoms with Crippen molar-refractivity contribution in [3.63, 3.8) is 0 Å². The van der Waals surface area contributed by atoms with Gasteiger partial charge in [0, 0.05) is 27.2 Å². The molecule has 1 amide bonds. The highest BCUT2D eigenvalue weighted by molar-refractivity contribution is 7.14. The molecule has 0 unspecified atom stereocenters. The van der Waals surface area contributed by atoms with Crippen LogP contribution in [0.3, 0.4) is 0 Å². The summed E-state index contributed by atoms with van der Waals surface area (Å²) in [6.07, 6.45) is 1.48. The fraction of sp³-hybridized carbons (Fsp3) is 0.0800. The second-order valence-electron chi connectivity index (χ2n) is 7.18. The molecule has 35 heavy (non-hydrogen) atoms. The lowest BCUT2D eigenvalue weighted by molar-refractivity contribution is 0.0955. The van der Waals surface area contributed by atoms with Crippen LogP contribution in [-0.2, 0) is 0 Å². The van der Waals surface area contributed by atoms with Crippen molar-refractivity contribution in [1.29, 1.82) is 0 Å². The van der Waals surface area contributed by atoms with E-state index in [-0.39, 0.29) is 5.91 Å². The quantitative estimate of drug-likeness (QED) is 0.198. The first-order chi connectivity index (χ1) is 17.0. The number of methoxy groups -OCH3 is 2. The molecule has 0 aliphatic carbocycles. The highest BCUT2D eigenvalue weighted by atomic mass is 35.5. The molecule has 0 saturated heterocycles. The van der Waals surface area contributed by atoms with E-state index >= 15 is 0 Å². The lowest BCUT2D eigenvalue weighted by Crippen LogP contribution is -2.17. The van der Waals surface area contributed by atoms with Gasteiger partial charge >= 0.3 is 0 Å². The van der Waals surface area contributed by atoms with E-state index in [1.807, 2.05) is 41.8 Å². The van der Waals surface area contributed by atoms with Crippen LogP contribution in [0.4, 0.5) is 10.8 Å². The summed E-state index contributed by atoms with van der Waals surface area (Å²) in [5.74, 6) is 0.558. The van der Waals surface area contributed by atoms with Crippen LogP contribution >= 0.6 is 34.5 Å². The first kappa shape index (κ1) is 24.5. The maximum Gasteiger partial charge on any atom is 0.271 e. The van der Waals surface area contributed by atoms with Crippen molar-refractivity contribution >= 4 is 57.5 Å². The van der Waals surface area contributed by atoms with Gasteiger partial charge in [-0.1, -0.05) is 35.3 Å². The van der Waals surface area contributed by atoms with Gasteiger partial charge in [-0.2, -0.15) is 5.10 Å². The van der Waals surface area contributed by atoms with Crippen LogP contribution in [0.1, 0.15) is 15.9 Å². The number of nitrogens with one attached hydrogen (secondary N) is 2. The van der Waals surface area contributed by atoms with Gasteiger partial charge in [0.15, 0.2) is 16.6 Å². The Bertz CT molecular complexity index is 1360. The van der Waals surface area contributed by atoms with Gasteiger partial charge in [-0.25, -0.2) is 10.4 Å². The third-order valence-corrected chi connectivity index (χ3v) is 6.17. The van der Waals surface area contributed by atoms with Crippen molar-refractivity contribution in [2.24, 2.45) is 5.10 Å². The summed E-state index contributed by atoms with van der Waals surface area (Å²) >= 11 is 13.6. The van der Waals surface area contributed by atoms with E-state index in [9.17, 15) is 4.79 Å². The third kappa shape index (κ3) is 6.10. The van der Waals surface area contributed by atoms with Crippen molar-refractivity contribution < 1.29 is 14.3 Å².